The molecule has 0 radical (unpaired) electrons. The highest BCUT2D eigenvalue weighted by molar-refractivity contribution is 6.65. The minimum Gasteiger partial charge on any atom is -0.398 e. The molecule has 0 amide bonds. The van der Waals surface area contributed by atoms with Crippen LogP contribution >= 0.6 is 0 Å². The van der Waals surface area contributed by atoms with Gasteiger partial charge in [0.25, 0.3) is 0 Å². The van der Waals surface area contributed by atoms with E-state index >= 15 is 0 Å². The summed E-state index contributed by atoms with van der Waals surface area (Å²) in [5.74, 6) is -3.05. The number of rotatable bonds is 4. The third-order valence-corrected chi connectivity index (χ3v) is 5.21. The predicted molar refractivity (Wildman–Crippen MR) is 55.7 cm³/mol. The van der Waals surface area contributed by atoms with E-state index < -0.39 is 26.0 Å². The number of hydrogen-bond donors (Lipinski definition) is 0. The molecule has 0 spiro atoms. The summed E-state index contributed by atoms with van der Waals surface area (Å²) in [5, 5.41) is 0. The van der Waals surface area contributed by atoms with E-state index in [9.17, 15) is 13.2 Å². The molecule has 0 aliphatic rings. The van der Waals surface area contributed by atoms with Crippen LogP contribution < -0.4 is 0 Å². The Morgan fingerprint density at radius 1 is 1.00 bits per heavy atom. The molecule has 0 N–H and O–H groups in total. The normalized spacial score (nSPS) is 11.9. The highest BCUT2D eigenvalue weighted by Crippen LogP contribution is 2.19. The van der Waals surface area contributed by atoms with Crippen LogP contribution in [0.3, 0.4) is 0 Å². The summed E-state index contributed by atoms with van der Waals surface area (Å²) in [6.45, 7) is 1.72. The summed E-state index contributed by atoms with van der Waals surface area (Å²) in [6, 6.07) is 1.50. The lowest BCUT2D eigenvalue weighted by Crippen LogP contribution is -2.39. The van der Waals surface area contributed by atoms with Crippen molar-refractivity contribution in [2.24, 2.45) is 0 Å². The van der Waals surface area contributed by atoms with E-state index in [1.165, 1.54) is 14.2 Å². The van der Waals surface area contributed by atoms with Gasteiger partial charge in [-0.3, -0.25) is 0 Å². The third-order valence-electron chi connectivity index (χ3n) is 2.46. The Morgan fingerprint density at radius 3 is 2.00 bits per heavy atom. The molecular weight excluding hydrogens is 237 g/mol. The van der Waals surface area contributed by atoms with Crippen molar-refractivity contribution in [3.8, 4) is 0 Å². The van der Waals surface area contributed by atoms with Gasteiger partial charge in [-0.25, -0.2) is 13.2 Å². The fourth-order valence-corrected chi connectivity index (χ4v) is 2.69. The molecule has 0 saturated heterocycles. The van der Waals surface area contributed by atoms with Crippen molar-refractivity contribution in [1.29, 1.82) is 0 Å². The first-order chi connectivity index (χ1) is 7.41. The van der Waals surface area contributed by atoms with E-state index in [0.717, 1.165) is 6.07 Å². The van der Waals surface area contributed by atoms with Crippen LogP contribution in [0.25, 0.3) is 0 Å². The molecular formula is C10H13F3O2Si. The second-order valence-corrected chi connectivity index (χ2v) is 7.01. The van der Waals surface area contributed by atoms with E-state index in [-0.39, 0.29) is 11.6 Å². The SMILES string of the molecule is CO[Si](C)(Cc1cc(F)c(F)cc1F)OC. The van der Waals surface area contributed by atoms with Crippen LogP contribution in [0, 0.1) is 17.5 Å². The Labute approximate surface area is 93.2 Å². The van der Waals surface area contributed by atoms with E-state index in [0.29, 0.717) is 6.07 Å². The van der Waals surface area contributed by atoms with Gasteiger partial charge in [-0.1, -0.05) is 0 Å². The molecule has 0 saturated carbocycles. The first kappa shape index (κ1) is 13.2. The Balaban J connectivity index is 3.01. The van der Waals surface area contributed by atoms with Crippen molar-refractivity contribution in [2.45, 2.75) is 12.6 Å². The lowest BCUT2D eigenvalue weighted by atomic mass is 10.2. The maximum atomic E-state index is 13.3. The fourth-order valence-electron chi connectivity index (χ4n) is 1.27. The van der Waals surface area contributed by atoms with Crippen molar-refractivity contribution in [1.82, 2.24) is 0 Å². The molecule has 0 bridgehead atoms. The van der Waals surface area contributed by atoms with Gasteiger partial charge in [0.05, 0.1) is 0 Å². The van der Waals surface area contributed by atoms with Crippen molar-refractivity contribution in [3.05, 3.63) is 35.1 Å². The van der Waals surface area contributed by atoms with Crippen molar-refractivity contribution in [2.75, 3.05) is 14.2 Å². The molecule has 90 valence electrons. The molecule has 0 unspecified atom stereocenters. The Morgan fingerprint density at radius 2 is 1.50 bits per heavy atom. The number of benzene rings is 1. The van der Waals surface area contributed by atoms with Gasteiger partial charge in [0, 0.05) is 26.3 Å². The van der Waals surface area contributed by atoms with Gasteiger partial charge in [-0.2, -0.15) is 0 Å². The zero-order valence-corrected chi connectivity index (χ0v) is 10.3. The molecule has 6 heteroatoms. The lowest BCUT2D eigenvalue weighted by Gasteiger charge is -2.22. The van der Waals surface area contributed by atoms with Gasteiger partial charge in [0.15, 0.2) is 11.6 Å². The quantitative estimate of drug-likeness (QED) is 0.604. The van der Waals surface area contributed by atoms with Crippen LogP contribution in [0.2, 0.25) is 6.55 Å². The average Bonchev–Trinajstić information content (AvgIpc) is 2.25. The minimum atomic E-state index is -2.54. The van der Waals surface area contributed by atoms with Crippen LogP contribution in [0.4, 0.5) is 13.2 Å². The summed E-state index contributed by atoms with van der Waals surface area (Å²) in [7, 11) is 0.365. The van der Waals surface area contributed by atoms with Crippen molar-refractivity contribution in [3.63, 3.8) is 0 Å². The molecule has 0 aromatic heterocycles. The maximum absolute atomic E-state index is 13.3. The van der Waals surface area contributed by atoms with Crippen LogP contribution in [0.15, 0.2) is 12.1 Å². The van der Waals surface area contributed by atoms with Gasteiger partial charge in [0.1, 0.15) is 5.82 Å². The van der Waals surface area contributed by atoms with E-state index in [1.807, 2.05) is 0 Å². The van der Waals surface area contributed by atoms with E-state index in [2.05, 4.69) is 0 Å². The van der Waals surface area contributed by atoms with Crippen LogP contribution in [0.1, 0.15) is 5.56 Å². The first-order valence-corrected chi connectivity index (χ1v) is 7.18. The Kier molecular flexibility index (Phi) is 4.12. The monoisotopic (exact) mass is 250 g/mol. The maximum Gasteiger partial charge on any atom is 0.339 e. The highest BCUT2D eigenvalue weighted by atomic mass is 28.4. The molecule has 0 atom stereocenters. The molecule has 1 rings (SSSR count). The summed E-state index contributed by atoms with van der Waals surface area (Å²) < 4.78 is 49.3. The average molecular weight is 250 g/mol. The van der Waals surface area contributed by atoms with Crippen LogP contribution in [-0.2, 0) is 14.9 Å². The molecule has 0 heterocycles. The summed E-state index contributed by atoms with van der Waals surface area (Å²) in [4.78, 5) is 0. The van der Waals surface area contributed by atoms with Gasteiger partial charge < -0.3 is 8.85 Å². The van der Waals surface area contributed by atoms with Crippen molar-refractivity contribution < 1.29 is 22.0 Å². The second kappa shape index (κ2) is 4.99. The third kappa shape index (κ3) is 2.84. The lowest BCUT2D eigenvalue weighted by molar-refractivity contribution is 0.248. The Hall–Kier alpha value is -0.853. The van der Waals surface area contributed by atoms with Gasteiger partial charge in [-0.15, -0.1) is 0 Å². The molecule has 16 heavy (non-hydrogen) atoms. The molecule has 1 aromatic carbocycles. The fraction of sp³-hybridized carbons (Fsp3) is 0.400. The molecule has 0 aliphatic heterocycles. The predicted octanol–water partition coefficient (Wildman–Crippen LogP) is 2.55. The highest BCUT2D eigenvalue weighted by Gasteiger charge is 2.30. The largest absolute Gasteiger partial charge is 0.398 e. The number of halogens is 3. The second-order valence-electron chi connectivity index (χ2n) is 3.58. The summed E-state index contributed by atoms with van der Waals surface area (Å²) in [6.07, 6.45) is 0. The van der Waals surface area contributed by atoms with Gasteiger partial charge >= 0.3 is 8.56 Å². The van der Waals surface area contributed by atoms with Crippen LogP contribution in [-0.4, -0.2) is 22.8 Å². The minimum absolute atomic E-state index is 0.0665. The number of hydrogen-bond acceptors (Lipinski definition) is 2. The Bertz CT molecular complexity index is 381. The first-order valence-electron chi connectivity index (χ1n) is 4.65. The summed E-state index contributed by atoms with van der Waals surface area (Å²) >= 11 is 0. The topological polar surface area (TPSA) is 18.5 Å². The summed E-state index contributed by atoms with van der Waals surface area (Å²) in [5.41, 5.74) is 0.0665. The van der Waals surface area contributed by atoms with E-state index in [4.69, 9.17) is 8.85 Å². The van der Waals surface area contributed by atoms with Crippen molar-refractivity contribution >= 4 is 8.56 Å². The zero-order chi connectivity index (χ0) is 12.3. The van der Waals surface area contributed by atoms with Gasteiger partial charge in [0.2, 0.25) is 0 Å². The standard InChI is InChI=1S/C10H13F3O2Si/c1-14-16(3,15-2)6-7-4-9(12)10(13)5-8(7)11/h4-5H,6H2,1-3H3. The zero-order valence-electron chi connectivity index (χ0n) is 9.31. The van der Waals surface area contributed by atoms with E-state index in [1.54, 1.807) is 6.55 Å². The molecule has 2 nitrogen and oxygen atoms in total. The smallest absolute Gasteiger partial charge is 0.339 e. The molecule has 0 aliphatic carbocycles. The van der Waals surface area contributed by atoms with Gasteiger partial charge in [-0.05, 0) is 18.2 Å². The molecule has 1 aromatic rings. The van der Waals surface area contributed by atoms with Crippen LogP contribution in [0.5, 0.6) is 0 Å². The molecule has 0 fully saturated rings.